The standard InChI is InChI=1S/C12H16F3NOS/c1-9(16-2)10-4-3-5-11(8-10)18-7-6-17-12(13,14)15/h3-5,8-9,16H,6-7H2,1-2H3. The quantitative estimate of drug-likeness (QED) is 0.635. The number of alkyl halides is 3. The average Bonchev–Trinajstić information content (AvgIpc) is 2.33. The highest BCUT2D eigenvalue weighted by Gasteiger charge is 2.28. The van der Waals surface area contributed by atoms with Gasteiger partial charge in [-0.3, -0.25) is 4.74 Å². The highest BCUT2D eigenvalue weighted by molar-refractivity contribution is 7.99. The summed E-state index contributed by atoms with van der Waals surface area (Å²) in [4.78, 5) is 0.945. The van der Waals surface area contributed by atoms with Gasteiger partial charge in [0.05, 0.1) is 6.61 Å². The molecule has 0 spiro atoms. The fraction of sp³-hybridized carbons (Fsp3) is 0.500. The van der Waals surface area contributed by atoms with Crippen molar-refractivity contribution in [2.45, 2.75) is 24.2 Å². The molecular weight excluding hydrogens is 263 g/mol. The molecule has 0 aliphatic heterocycles. The zero-order valence-corrected chi connectivity index (χ0v) is 11.1. The summed E-state index contributed by atoms with van der Waals surface area (Å²) in [6.45, 7) is 1.69. The van der Waals surface area contributed by atoms with Gasteiger partial charge >= 0.3 is 6.36 Å². The first kappa shape index (κ1) is 15.3. The monoisotopic (exact) mass is 279 g/mol. The number of nitrogens with one attached hydrogen (secondary N) is 1. The smallest absolute Gasteiger partial charge is 0.313 e. The Morgan fingerprint density at radius 1 is 1.39 bits per heavy atom. The molecule has 0 heterocycles. The minimum Gasteiger partial charge on any atom is -0.313 e. The molecule has 0 aliphatic rings. The second kappa shape index (κ2) is 7.01. The van der Waals surface area contributed by atoms with Crippen LogP contribution in [-0.2, 0) is 4.74 Å². The van der Waals surface area contributed by atoms with Gasteiger partial charge in [0.15, 0.2) is 0 Å². The third-order valence-corrected chi connectivity index (χ3v) is 3.37. The van der Waals surface area contributed by atoms with E-state index in [-0.39, 0.29) is 18.4 Å². The summed E-state index contributed by atoms with van der Waals surface area (Å²) in [5.74, 6) is 0.275. The molecule has 1 atom stereocenters. The predicted molar refractivity (Wildman–Crippen MR) is 66.6 cm³/mol. The third kappa shape index (κ3) is 5.75. The van der Waals surface area contributed by atoms with Gasteiger partial charge in [0.25, 0.3) is 0 Å². The SMILES string of the molecule is CNC(C)c1cccc(SCCOC(F)(F)F)c1. The highest BCUT2D eigenvalue weighted by atomic mass is 32.2. The normalized spacial score (nSPS) is 13.6. The van der Waals surface area contributed by atoms with Crippen molar-refractivity contribution in [3.05, 3.63) is 29.8 Å². The number of rotatable bonds is 6. The molecule has 6 heteroatoms. The van der Waals surface area contributed by atoms with E-state index >= 15 is 0 Å². The molecule has 0 saturated heterocycles. The molecule has 1 aromatic rings. The van der Waals surface area contributed by atoms with E-state index in [0.717, 1.165) is 10.5 Å². The summed E-state index contributed by atoms with van der Waals surface area (Å²) < 4.78 is 39.0. The largest absolute Gasteiger partial charge is 0.522 e. The van der Waals surface area contributed by atoms with Crippen molar-refractivity contribution >= 4 is 11.8 Å². The molecule has 2 nitrogen and oxygen atoms in total. The fourth-order valence-corrected chi connectivity index (χ4v) is 2.15. The van der Waals surface area contributed by atoms with Crippen molar-refractivity contribution in [3.63, 3.8) is 0 Å². The van der Waals surface area contributed by atoms with Gasteiger partial charge in [0.1, 0.15) is 0 Å². The van der Waals surface area contributed by atoms with Crippen LogP contribution in [0.3, 0.4) is 0 Å². The lowest BCUT2D eigenvalue weighted by Crippen LogP contribution is -2.15. The van der Waals surface area contributed by atoms with Crippen molar-refractivity contribution in [2.24, 2.45) is 0 Å². The molecule has 1 rings (SSSR count). The van der Waals surface area contributed by atoms with Gasteiger partial charge in [-0.15, -0.1) is 24.9 Å². The van der Waals surface area contributed by atoms with Crippen LogP contribution in [0.2, 0.25) is 0 Å². The molecule has 1 unspecified atom stereocenters. The average molecular weight is 279 g/mol. The molecule has 102 valence electrons. The Hall–Kier alpha value is -0.720. The number of halogens is 3. The minimum atomic E-state index is -4.54. The van der Waals surface area contributed by atoms with E-state index in [1.807, 2.05) is 38.2 Å². The molecule has 1 N–H and O–H groups in total. The topological polar surface area (TPSA) is 21.3 Å². The number of hydrogen-bond acceptors (Lipinski definition) is 3. The van der Waals surface area contributed by atoms with Crippen molar-refractivity contribution in [3.8, 4) is 0 Å². The van der Waals surface area contributed by atoms with E-state index in [1.165, 1.54) is 11.8 Å². The van der Waals surface area contributed by atoms with E-state index in [2.05, 4.69) is 10.1 Å². The highest BCUT2D eigenvalue weighted by Crippen LogP contribution is 2.23. The number of hydrogen-bond donors (Lipinski definition) is 1. The van der Waals surface area contributed by atoms with Crippen LogP contribution in [0.15, 0.2) is 29.2 Å². The molecular formula is C12H16F3NOS. The second-order valence-electron chi connectivity index (χ2n) is 3.73. The lowest BCUT2D eigenvalue weighted by atomic mass is 10.1. The maximum Gasteiger partial charge on any atom is 0.522 e. The molecule has 0 aromatic heterocycles. The minimum absolute atomic E-state index is 0.219. The lowest BCUT2D eigenvalue weighted by Gasteiger charge is -2.12. The first-order chi connectivity index (χ1) is 8.42. The van der Waals surface area contributed by atoms with E-state index < -0.39 is 6.36 Å². The van der Waals surface area contributed by atoms with Crippen molar-refractivity contribution in [2.75, 3.05) is 19.4 Å². The van der Waals surface area contributed by atoms with Crippen molar-refractivity contribution in [1.82, 2.24) is 5.32 Å². The molecule has 0 aliphatic carbocycles. The summed E-state index contributed by atoms with van der Waals surface area (Å²) >= 11 is 1.35. The summed E-state index contributed by atoms with van der Waals surface area (Å²) in [5.41, 5.74) is 1.11. The van der Waals surface area contributed by atoms with Crippen LogP contribution in [0.5, 0.6) is 0 Å². The van der Waals surface area contributed by atoms with Crippen molar-refractivity contribution < 1.29 is 17.9 Å². The van der Waals surface area contributed by atoms with Gasteiger partial charge in [-0.2, -0.15) is 0 Å². The lowest BCUT2D eigenvalue weighted by molar-refractivity contribution is -0.322. The molecule has 18 heavy (non-hydrogen) atoms. The number of benzene rings is 1. The summed E-state index contributed by atoms with van der Waals surface area (Å²) in [7, 11) is 1.86. The van der Waals surface area contributed by atoms with Gasteiger partial charge in [-0.1, -0.05) is 12.1 Å². The molecule has 0 bridgehead atoms. The van der Waals surface area contributed by atoms with E-state index in [9.17, 15) is 13.2 Å². The summed E-state index contributed by atoms with van der Waals surface area (Å²) in [5, 5.41) is 3.11. The Morgan fingerprint density at radius 3 is 2.72 bits per heavy atom. The van der Waals surface area contributed by atoms with Gasteiger partial charge in [-0.25, -0.2) is 0 Å². The van der Waals surface area contributed by atoms with Crippen LogP contribution in [0.1, 0.15) is 18.5 Å². The third-order valence-electron chi connectivity index (χ3n) is 2.41. The van der Waals surface area contributed by atoms with Gasteiger partial charge < -0.3 is 5.32 Å². The van der Waals surface area contributed by atoms with Crippen LogP contribution >= 0.6 is 11.8 Å². The zero-order valence-electron chi connectivity index (χ0n) is 10.3. The summed E-state index contributed by atoms with van der Waals surface area (Å²) in [6.07, 6.45) is -4.54. The molecule has 0 amide bonds. The Bertz CT molecular complexity index is 371. The Balaban J connectivity index is 2.43. The first-order valence-corrected chi connectivity index (χ1v) is 6.51. The van der Waals surface area contributed by atoms with Crippen LogP contribution in [0.25, 0.3) is 0 Å². The van der Waals surface area contributed by atoms with Gasteiger partial charge in [-0.05, 0) is 31.7 Å². The number of thioether (sulfide) groups is 1. The molecule has 0 fully saturated rings. The van der Waals surface area contributed by atoms with E-state index in [1.54, 1.807) is 0 Å². The maximum absolute atomic E-state index is 11.8. The van der Waals surface area contributed by atoms with Gasteiger partial charge in [0.2, 0.25) is 0 Å². The van der Waals surface area contributed by atoms with Crippen LogP contribution in [0.4, 0.5) is 13.2 Å². The number of ether oxygens (including phenoxy) is 1. The Labute approximate surface area is 109 Å². The fourth-order valence-electron chi connectivity index (χ4n) is 1.36. The molecule has 0 radical (unpaired) electrons. The molecule has 1 aromatic carbocycles. The van der Waals surface area contributed by atoms with Gasteiger partial charge in [0, 0.05) is 16.7 Å². The Kier molecular flexibility index (Phi) is 5.98. The Morgan fingerprint density at radius 2 is 2.11 bits per heavy atom. The first-order valence-electron chi connectivity index (χ1n) is 5.53. The van der Waals surface area contributed by atoms with Crippen LogP contribution < -0.4 is 5.32 Å². The molecule has 0 saturated carbocycles. The maximum atomic E-state index is 11.8. The van der Waals surface area contributed by atoms with Crippen molar-refractivity contribution in [1.29, 1.82) is 0 Å². The second-order valence-corrected chi connectivity index (χ2v) is 4.89. The van der Waals surface area contributed by atoms with Crippen LogP contribution in [-0.4, -0.2) is 25.8 Å². The summed E-state index contributed by atoms with van der Waals surface area (Å²) in [6, 6.07) is 7.95. The zero-order chi connectivity index (χ0) is 13.6. The van der Waals surface area contributed by atoms with E-state index in [0.29, 0.717) is 0 Å². The predicted octanol–water partition coefficient (Wildman–Crippen LogP) is 3.60. The van der Waals surface area contributed by atoms with Crippen LogP contribution in [0, 0.1) is 0 Å². The van der Waals surface area contributed by atoms with E-state index in [4.69, 9.17) is 0 Å².